The largest absolute Gasteiger partial charge is 0.492 e. The fraction of sp³-hybridized carbons (Fsp3) is 0.176. The van der Waals surface area contributed by atoms with Gasteiger partial charge in [0.1, 0.15) is 12.4 Å². The molecule has 1 N–H and O–H groups in total. The lowest BCUT2D eigenvalue weighted by atomic mass is 10.1. The zero-order valence-electron chi connectivity index (χ0n) is 11.2. The highest BCUT2D eigenvalue weighted by Gasteiger charge is 2.05. The third-order valence-electron chi connectivity index (χ3n) is 3.39. The SMILES string of the molecule is OCc1cccc2ccn(CCOc3ccccc3)c12. The van der Waals surface area contributed by atoms with E-state index in [0.29, 0.717) is 6.61 Å². The summed E-state index contributed by atoms with van der Waals surface area (Å²) in [6.07, 6.45) is 2.04. The van der Waals surface area contributed by atoms with Crippen LogP contribution in [0.1, 0.15) is 5.56 Å². The minimum atomic E-state index is 0.0564. The second-order valence-electron chi connectivity index (χ2n) is 4.68. The summed E-state index contributed by atoms with van der Waals surface area (Å²) in [5.74, 6) is 0.881. The van der Waals surface area contributed by atoms with Gasteiger partial charge in [0.05, 0.1) is 18.7 Å². The van der Waals surface area contributed by atoms with Crippen LogP contribution in [0.4, 0.5) is 0 Å². The molecule has 0 saturated carbocycles. The second-order valence-corrected chi connectivity index (χ2v) is 4.68. The van der Waals surface area contributed by atoms with Crippen LogP contribution in [0.5, 0.6) is 5.75 Å². The fourth-order valence-electron chi connectivity index (χ4n) is 2.43. The molecular formula is C17H17NO2. The predicted octanol–water partition coefficient (Wildman–Crippen LogP) is 3.21. The van der Waals surface area contributed by atoms with Crippen LogP contribution < -0.4 is 4.74 Å². The number of hydrogen-bond acceptors (Lipinski definition) is 2. The molecule has 1 aromatic heterocycles. The molecule has 0 aliphatic carbocycles. The molecule has 2 aromatic carbocycles. The fourth-order valence-corrected chi connectivity index (χ4v) is 2.43. The van der Waals surface area contributed by atoms with Gasteiger partial charge in [-0.1, -0.05) is 36.4 Å². The number of aliphatic hydroxyl groups excluding tert-OH is 1. The number of hydrogen-bond donors (Lipinski definition) is 1. The van der Waals surface area contributed by atoms with Crippen molar-refractivity contribution in [3.8, 4) is 5.75 Å². The van der Waals surface area contributed by atoms with E-state index in [-0.39, 0.29) is 6.61 Å². The van der Waals surface area contributed by atoms with Gasteiger partial charge in [0.25, 0.3) is 0 Å². The quantitative estimate of drug-likeness (QED) is 0.770. The van der Waals surface area contributed by atoms with Crippen molar-refractivity contribution in [1.82, 2.24) is 4.57 Å². The summed E-state index contributed by atoms with van der Waals surface area (Å²) in [5.41, 5.74) is 2.04. The lowest BCUT2D eigenvalue weighted by Crippen LogP contribution is -2.08. The molecule has 102 valence electrons. The molecule has 20 heavy (non-hydrogen) atoms. The Kier molecular flexibility index (Phi) is 3.70. The Balaban J connectivity index is 1.75. The van der Waals surface area contributed by atoms with Crippen LogP contribution in [0.15, 0.2) is 60.8 Å². The molecule has 0 unspecified atom stereocenters. The van der Waals surface area contributed by atoms with E-state index in [4.69, 9.17) is 4.74 Å². The minimum Gasteiger partial charge on any atom is -0.492 e. The van der Waals surface area contributed by atoms with Crippen LogP contribution in [-0.4, -0.2) is 16.3 Å². The van der Waals surface area contributed by atoms with Crippen molar-refractivity contribution in [2.24, 2.45) is 0 Å². The monoisotopic (exact) mass is 267 g/mol. The summed E-state index contributed by atoms with van der Waals surface area (Å²) >= 11 is 0. The number of benzene rings is 2. The maximum Gasteiger partial charge on any atom is 0.119 e. The van der Waals surface area contributed by atoms with Crippen molar-refractivity contribution in [1.29, 1.82) is 0 Å². The molecule has 0 radical (unpaired) electrons. The number of fused-ring (bicyclic) bond motifs is 1. The lowest BCUT2D eigenvalue weighted by molar-refractivity contribution is 0.281. The molecular weight excluding hydrogens is 250 g/mol. The molecule has 0 amide bonds. The number of aromatic nitrogens is 1. The van der Waals surface area contributed by atoms with Crippen molar-refractivity contribution in [3.05, 3.63) is 66.4 Å². The van der Waals surface area contributed by atoms with E-state index >= 15 is 0 Å². The van der Waals surface area contributed by atoms with E-state index in [1.807, 2.05) is 48.7 Å². The minimum absolute atomic E-state index is 0.0564. The number of rotatable bonds is 5. The van der Waals surface area contributed by atoms with Crippen LogP contribution in [0, 0.1) is 0 Å². The Morgan fingerprint density at radius 2 is 1.80 bits per heavy atom. The molecule has 0 aliphatic heterocycles. The van der Waals surface area contributed by atoms with Gasteiger partial charge < -0.3 is 14.4 Å². The van der Waals surface area contributed by atoms with Crippen LogP contribution in [0.3, 0.4) is 0 Å². The van der Waals surface area contributed by atoms with Gasteiger partial charge >= 0.3 is 0 Å². The van der Waals surface area contributed by atoms with Crippen molar-refractivity contribution < 1.29 is 9.84 Å². The van der Waals surface area contributed by atoms with Crippen LogP contribution >= 0.6 is 0 Å². The molecule has 3 nitrogen and oxygen atoms in total. The first-order valence-corrected chi connectivity index (χ1v) is 6.74. The van der Waals surface area contributed by atoms with Gasteiger partial charge in [-0.25, -0.2) is 0 Å². The van der Waals surface area contributed by atoms with Crippen molar-refractivity contribution >= 4 is 10.9 Å². The predicted molar refractivity (Wildman–Crippen MR) is 79.8 cm³/mol. The summed E-state index contributed by atoms with van der Waals surface area (Å²) in [7, 11) is 0. The molecule has 0 aliphatic rings. The molecule has 0 saturated heterocycles. The van der Waals surface area contributed by atoms with Crippen LogP contribution in [-0.2, 0) is 13.2 Å². The van der Waals surface area contributed by atoms with Gasteiger partial charge in [-0.2, -0.15) is 0 Å². The number of nitrogens with zero attached hydrogens (tertiary/aromatic N) is 1. The maximum absolute atomic E-state index is 9.44. The average molecular weight is 267 g/mol. The third kappa shape index (κ3) is 2.53. The first-order valence-electron chi connectivity index (χ1n) is 6.74. The average Bonchev–Trinajstić information content (AvgIpc) is 2.92. The number of aliphatic hydroxyl groups is 1. The normalized spacial score (nSPS) is 10.8. The highest BCUT2D eigenvalue weighted by molar-refractivity contribution is 5.83. The van der Waals surface area contributed by atoms with E-state index in [1.54, 1.807) is 0 Å². The Hall–Kier alpha value is -2.26. The van der Waals surface area contributed by atoms with E-state index in [9.17, 15) is 5.11 Å². The van der Waals surface area contributed by atoms with Gasteiger partial charge in [-0.15, -0.1) is 0 Å². The first kappa shape index (κ1) is 12.8. The molecule has 3 heteroatoms. The van der Waals surface area contributed by atoms with E-state index in [0.717, 1.165) is 28.8 Å². The molecule has 1 heterocycles. The van der Waals surface area contributed by atoms with Crippen LogP contribution in [0.2, 0.25) is 0 Å². The van der Waals surface area contributed by atoms with Gasteiger partial charge in [0, 0.05) is 11.8 Å². The molecule has 3 rings (SSSR count). The molecule has 0 atom stereocenters. The second kappa shape index (κ2) is 5.80. The molecule has 0 bridgehead atoms. The smallest absolute Gasteiger partial charge is 0.119 e. The van der Waals surface area contributed by atoms with E-state index < -0.39 is 0 Å². The highest BCUT2D eigenvalue weighted by Crippen LogP contribution is 2.20. The molecule has 0 spiro atoms. The Labute approximate surface area is 118 Å². The molecule has 3 aromatic rings. The molecule has 0 fully saturated rings. The first-order chi connectivity index (χ1) is 9.88. The Morgan fingerprint density at radius 3 is 2.60 bits per heavy atom. The Bertz CT molecular complexity index is 689. The summed E-state index contributed by atoms with van der Waals surface area (Å²) in [6, 6.07) is 17.9. The lowest BCUT2D eigenvalue weighted by Gasteiger charge is -2.10. The Morgan fingerprint density at radius 1 is 0.950 bits per heavy atom. The van der Waals surface area contributed by atoms with Crippen LogP contribution in [0.25, 0.3) is 10.9 Å². The van der Waals surface area contributed by atoms with Gasteiger partial charge in [-0.3, -0.25) is 0 Å². The zero-order valence-corrected chi connectivity index (χ0v) is 11.2. The van der Waals surface area contributed by atoms with E-state index in [1.165, 1.54) is 0 Å². The highest BCUT2D eigenvalue weighted by atomic mass is 16.5. The standard InChI is InChI=1S/C17H17NO2/c19-13-15-6-4-5-14-9-10-18(17(14)15)11-12-20-16-7-2-1-3-8-16/h1-10,19H,11-13H2. The van der Waals surface area contributed by atoms with E-state index in [2.05, 4.69) is 16.7 Å². The summed E-state index contributed by atoms with van der Waals surface area (Å²) in [6.45, 7) is 1.42. The summed E-state index contributed by atoms with van der Waals surface area (Å²) in [5, 5.41) is 10.6. The van der Waals surface area contributed by atoms with Gasteiger partial charge in [0.15, 0.2) is 0 Å². The van der Waals surface area contributed by atoms with Gasteiger partial charge in [-0.05, 0) is 23.6 Å². The van der Waals surface area contributed by atoms with Gasteiger partial charge in [0.2, 0.25) is 0 Å². The summed E-state index contributed by atoms with van der Waals surface area (Å²) < 4.78 is 7.85. The third-order valence-corrected chi connectivity index (χ3v) is 3.39. The topological polar surface area (TPSA) is 34.4 Å². The van der Waals surface area contributed by atoms with Crippen molar-refractivity contribution in [2.75, 3.05) is 6.61 Å². The zero-order chi connectivity index (χ0) is 13.8. The maximum atomic E-state index is 9.44. The van der Waals surface area contributed by atoms with Crippen molar-refractivity contribution in [3.63, 3.8) is 0 Å². The summed E-state index contributed by atoms with van der Waals surface area (Å²) in [4.78, 5) is 0. The van der Waals surface area contributed by atoms with Crippen molar-refractivity contribution in [2.45, 2.75) is 13.2 Å². The number of para-hydroxylation sites is 2. The number of ether oxygens (including phenoxy) is 1.